The lowest BCUT2D eigenvalue weighted by Gasteiger charge is -2.24. The lowest BCUT2D eigenvalue weighted by molar-refractivity contribution is 0.0940. The number of fused-ring (bicyclic) bond motifs is 2. The number of nitrogens with one attached hydrogen (secondary N) is 1. The molecular weight excluding hydrogens is 448 g/mol. The third-order valence-corrected chi connectivity index (χ3v) is 7.20. The standard InChI is InChI=1S/C24H21ClN2O4S/c1-15(2)26-23(28)17-10-11-22-20(13-17)27(14-16-6-5-7-18(25)12-16)24(29)19-8-3-4-9-21(19)32(22,30)31/h3-13,15H,14H2,1-2H3,(H,26,28). The summed E-state index contributed by atoms with van der Waals surface area (Å²) in [5.41, 5.74) is 1.23. The first-order valence-electron chi connectivity index (χ1n) is 10.0. The summed E-state index contributed by atoms with van der Waals surface area (Å²) in [5, 5.41) is 3.30. The van der Waals surface area contributed by atoms with E-state index in [1.165, 1.54) is 35.2 Å². The molecule has 2 amide bonds. The van der Waals surface area contributed by atoms with Gasteiger partial charge in [0, 0.05) is 16.6 Å². The summed E-state index contributed by atoms with van der Waals surface area (Å²) in [6.45, 7) is 3.75. The molecule has 0 aromatic heterocycles. The van der Waals surface area contributed by atoms with Crippen LogP contribution in [0.2, 0.25) is 5.02 Å². The van der Waals surface area contributed by atoms with Gasteiger partial charge in [-0.15, -0.1) is 0 Å². The highest BCUT2D eigenvalue weighted by Gasteiger charge is 2.36. The van der Waals surface area contributed by atoms with Gasteiger partial charge in [0.15, 0.2) is 0 Å². The zero-order chi connectivity index (χ0) is 23.0. The molecule has 0 aliphatic carbocycles. The van der Waals surface area contributed by atoms with Crippen molar-refractivity contribution in [2.75, 3.05) is 4.90 Å². The van der Waals surface area contributed by atoms with E-state index >= 15 is 0 Å². The van der Waals surface area contributed by atoms with Crippen LogP contribution in [-0.2, 0) is 16.4 Å². The van der Waals surface area contributed by atoms with Crippen LogP contribution in [0.15, 0.2) is 76.5 Å². The van der Waals surface area contributed by atoms with Crippen molar-refractivity contribution in [2.24, 2.45) is 0 Å². The van der Waals surface area contributed by atoms with Gasteiger partial charge in [-0.2, -0.15) is 0 Å². The first kappa shape index (κ1) is 22.0. The van der Waals surface area contributed by atoms with Gasteiger partial charge < -0.3 is 10.2 Å². The molecule has 3 aromatic carbocycles. The summed E-state index contributed by atoms with van der Waals surface area (Å²) < 4.78 is 26.9. The van der Waals surface area contributed by atoms with Crippen molar-refractivity contribution in [1.82, 2.24) is 5.32 Å². The Balaban J connectivity index is 1.94. The van der Waals surface area contributed by atoms with Gasteiger partial charge in [0.1, 0.15) is 0 Å². The Labute approximate surface area is 191 Å². The maximum absolute atomic E-state index is 13.6. The van der Waals surface area contributed by atoms with Gasteiger partial charge in [0.2, 0.25) is 9.84 Å². The Morgan fingerprint density at radius 1 is 1.00 bits per heavy atom. The molecule has 0 fully saturated rings. The normalized spacial score (nSPS) is 14.5. The third kappa shape index (κ3) is 4.01. The molecule has 1 aliphatic rings. The smallest absolute Gasteiger partial charge is 0.259 e. The zero-order valence-electron chi connectivity index (χ0n) is 17.5. The number of benzene rings is 3. The fourth-order valence-corrected chi connectivity index (χ4v) is 5.51. The average molecular weight is 469 g/mol. The fourth-order valence-electron chi connectivity index (χ4n) is 3.67. The molecule has 0 radical (unpaired) electrons. The molecule has 1 N–H and O–H groups in total. The van der Waals surface area contributed by atoms with E-state index in [-0.39, 0.29) is 45.1 Å². The van der Waals surface area contributed by atoms with Gasteiger partial charge in [-0.3, -0.25) is 9.59 Å². The Morgan fingerprint density at radius 3 is 2.47 bits per heavy atom. The number of nitrogens with zero attached hydrogens (tertiary/aromatic N) is 1. The van der Waals surface area contributed by atoms with Gasteiger partial charge in [0.05, 0.1) is 27.6 Å². The topological polar surface area (TPSA) is 83.6 Å². The zero-order valence-corrected chi connectivity index (χ0v) is 19.1. The number of hydrogen-bond donors (Lipinski definition) is 1. The molecule has 1 aliphatic heterocycles. The molecule has 0 unspecified atom stereocenters. The van der Waals surface area contributed by atoms with E-state index in [2.05, 4.69) is 5.32 Å². The van der Waals surface area contributed by atoms with Crippen LogP contribution in [0, 0.1) is 0 Å². The number of halogens is 1. The van der Waals surface area contributed by atoms with E-state index in [0.29, 0.717) is 5.02 Å². The van der Waals surface area contributed by atoms with E-state index in [1.54, 1.807) is 36.4 Å². The fraction of sp³-hybridized carbons (Fsp3) is 0.167. The Bertz CT molecular complexity index is 1340. The average Bonchev–Trinajstić information content (AvgIpc) is 2.82. The van der Waals surface area contributed by atoms with Crippen LogP contribution in [-0.4, -0.2) is 26.3 Å². The monoisotopic (exact) mass is 468 g/mol. The second-order valence-corrected chi connectivity index (χ2v) is 10.2. The van der Waals surface area contributed by atoms with Crippen LogP contribution in [0.1, 0.15) is 40.1 Å². The summed E-state index contributed by atoms with van der Waals surface area (Å²) in [6, 6.07) is 17.3. The number of amides is 2. The number of sulfone groups is 1. The van der Waals surface area contributed by atoms with Crippen LogP contribution in [0.25, 0.3) is 0 Å². The third-order valence-electron chi connectivity index (χ3n) is 5.10. The molecule has 0 spiro atoms. The minimum absolute atomic E-state index is 0.0288. The lowest BCUT2D eigenvalue weighted by atomic mass is 10.1. The number of carbonyl (C=O) groups is 2. The van der Waals surface area contributed by atoms with Crippen LogP contribution < -0.4 is 10.2 Å². The summed E-state index contributed by atoms with van der Waals surface area (Å²) >= 11 is 6.12. The predicted octanol–water partition coefficient (Wildman–Crippen LogP) is 4.47. The van der Waals surface area contributed by atoms with Crippen LogP contribution in [0.4, 0.5) is 5.69 Å². The van der Waals surface area contributed by atoms with Crippen molar-refractivity contribution in [1.29, 1.82) is 0 Å². The molecule has 8 heteroatoms. The Hall–Kier alpha value is -3.16. The molecular formula is C24H21ClN2O4S. The van der Waals surface area contributed by atoms with Gasteiger partial charge >= 0.3 is 0 Å². The summed E-state index contributed by atoms with van der Waals surface area (Å²) in [4.78, 5) is 27.5. The minimum atomic E-state index is -3.99. The van der Waals surface area contributed by atoms with Crippen LogP contribution in [0.5, 0.6) is 0 Å². The Kier molecular flexibility index (Phi) is 5.79. The second kappa shape index (κ2) is 8.41. The molecule has 3 aromatic rings. The van der Waals surface area contributed by atoms with Crippen molar-refractivity contribution in [3.63, 3.8) is 0 Å². The maximum atomic E-state index is 13.6. The maximum Gasteiger partial charge on any atom is 0.259 e. The highest BCUT2D eigenvalue weighted by atomic mass is 35.5. The molecule has 1 heterocycles. The molecule has 0 atom stereocenters. The van der Waals surface area contributed by atoms with Crippen LogP contribution >= 0.6 is 11.6 Å². The highest BCUT2D eigenvalue weighted by Crippen LogP contribution is 2.38. The van der Waals surface area contributed by atoms with Gasteiger partial charge in [-0.05, 0) is 61.9 Å². The SMILES string of the molecule is CC(C)NC(=O)c1ccc2c(c1)N(Cc1cccc(Cl)c1)C(=O)c1ccccc1S2(=O)=O. The predicted molar refractivity (Wildman–Crippen MR) is 123 cm³/mol. The van der Waals surface area contributed by atoms with Crippen molar-refractivity contribution in [2.45, 2.75) is 36.2 Å². The molecule has 32 heavy (non-hydrogen) atoms. The van der Waals surface area contributed by atoms with Gasteiger partial charge in [-0.25, -0.2) is 8.42 Å². The Morgan fingerprint density at radius 2 is 1.75 bits per heavy atom. The minimum Gasteiger partial charge on any atom is -0.350 e. The molecule has 0 saturated heterocycles. The van der Waals surface area contributed by atoms with Crippen molar-refractivity contribution in [3.8, 4) is 0 Å². The summed E-state index contributed by atoms with van der Waals surface area (Å²) in [7, 11) is -3.99. The number of hydrogen-bond acceptors (Lipinski definition) is 4. The first-order chi connectivity index (χ1) is 15.2. The van der Waals surface area contributed by atoms with Crippen LogP contribution in [0.3, 0.4) is 0 Å². The van der Waals surface area contributed by atoms with E-state index < -0.39 is 15.7 Å². The molecule has 6 nitrogen and oxygen atoms in total. The molecule has 0 bridgehead atoms. The van der Waals surface area contributed by atoms with Crippen molar-refractivity contribution in [3.05, 3.63) is 88.4 Å². The van der Waals surface area contributed by atoms with E-state index in [1.807, 2.05) is 13.8 Å². The van der Waals surface area contributed by atoms with Gasteiger partial charge in [0.25, 0.3) is 11.8 Å². The quantitative estimate of drug-likeness (QED) is 0.612. The lowest BCUT2D eigenvalue weighted by Crippen LogP contribution is -2.32. The van der Waals surface area contributed by atoms with Crippen molar-refractivity contribution >= 4 is 38.9 Å². The molecule has 4 rings (SSSR count). The van der Waals surface area contributed by atoms with Gasteiger partial charge in [-0.1, -0.05) is 35.9 Å². The number of rotatable bonds is 4. The highest BCUT2D eigenvalue weighted by molar-refractivity contribution is 7.91. The molecule has 164 valence electrons. The van der Waals surface area contributed by atoms with E-state index in [0.717, 1.165) is 5.56 Å². The van der Waals surface area contributed by atoms with E-state index in [9.17, 15) is 18.0 Å². The number of anilines is 1. The second-order valence-electron chi connectivity index (χ2n) is 7.83. The largest absolute Gasteiger partial charge is 0.350 e. The van der Waals surface area contributed by atoms with Crippen molar-refractivity contribution < 1.29 is 18.0 Å². The summed E-state index contributed by atoms with van der Waals surface area (Å²) in [6.07, 6.45) is 0. The summed E-state index contributed by atoms with van der Waals surface area (Å²) in [5.74, 6) is -0.818. The molecule has 0 saturated carbocycles. The number of carbonyl (C=O) groups excluding carboxylic acids is 2. The first-order valence-corrected chi connectivity index (χ1v) is 11.9. The van der Waals surface area contributed by atoms with E-state index in [4.69, 9.17) is 11.6 Å².